The molecule has 194 valence electrons. The predicted molar refractivity (Wildman–Crippen MR) is 127 cm³/mol. The van der Waals surface area contributed by atoms with E-state index in [0.717, 1.165) is 38.5 Å². The third kappa shape index (κ3) is 4.16. The first-order valence-corrected chi connectivity index (χ1v) is 12.7. The maximum atomic E-state index is 14.6. The molecule has 2 bridgehead atoms. The third-order valence-electron chi connectivity index (χ3n) is 8.21. The molecule has 0 amide bonds. The van der Waals surface area contributed by atoms with Gasteiger partial charge in [-0.25, -0.2) is 23.3 Å². The summed E-state index contributed by atoms with van der Waals surface area (Å²) < 4.78 is 49.6. The van der Waals surface area contributed by atoms with E-state index in [-0.39, 0.29) is 11.6 Å². The zero-order chi connectivity index (χ0) is 25.0. The van der Waals surface area contributed by atoms with Crippen molar-refractivity contribution in [3.05, 3.63) is 52.7 Å². The maximum absolute atomic E-state index is 14.6. The summed E-state index contributed by atoms with van der Waals surface area (Å²) in [7, 11) is 2.04. The topological polar surface area (TPSA) is 70.5 Å². The van der Waals surface area contributed by atoms with Gasteiger partial charge in [-0.2, -0.15) is 4.98 Å². The first kappa shape index (κ1) is 23.7. The summed E-state index contributed by atoms with van der Waals surface area (Å²) in [5.41, 5.74) is 4.61. The van der Waals surface area contributed by atoms with Gasteiger partial charge in [0.1, 0.15) is 6.10 Å². The molecule has 1 aliphatic carbocycles. The van der Waals surface area contributed by atoms with E-state index < -0.39 is 23.6 Å². The lowest BCUT2D eigenvalue weighted by Gasteiger charge is -2.43. The number of fused-ring (bicyclic) bond motifs is 3. The smallest absolute Gasteiger partial charge is 0.242 e. The fraction of sp³-hybridized carbons (Fsp3) is 0.600. The Bertz CT molecular complexity index is 1160. The van der Waals surface area contributed by atoms with Crippen molar-refractivity contribution in [1.29, 1.82) is 0 Å². The fourth-order valence-electron chi connectivity index (χ4n) is 6.19. The van der Waals surface area contributed by atoms with Gasteiger partial charge in [0, 0.05) is 63.2 Å². The summed E-state index contributed by atoms with van der Waals surface area (Å²) in [5, 5.41) is 10.3. The van der Waals surface area contributed by atoms with E-state index in [0.29, 0.717) is 49.2 Å². The number of aryl methyl sites for hydroxylation is 1. The number of ether oxygens (including phenoxy) is 1. The molecule has 1 aromatic heterocycles. The minimum atomic E-state index is -1.50. The summed E-state index contributed by atoms with van der Waals surface area (Å²) in [6.07, 6.45) is 4.37. The van der Waals surface area contributed by atoms with E-state index in [1.54, 1.807) is 4.68 Å². The molecule has 36 heavy (non-hydrogen) atoms. The maximum Gasteiger partial charge on any atom is 0.242 e. The molecule has 1 aromatic carbocycles. The standard InChI is InChI=1S/C25H32F3N7O/c1-14-10-17(11-29-33(14)2)34-12-15-4-5-16(13-34)22(15)30-25-31-24-23(36-9-3-8-35(24)32-25)18-6-7-19(26)21(28)20(18)27/h6-7,10,15-17,22-23,29H,3-5,8-9,11-13H2,1-2H3,(H,30,32)/t15-,16?,17?,22?,23-/m0/s1. The highest BCUT2D eigenvalue weighted by Gasteiger charge is 2.44. The van der Waals surface area contributed by atoms with Crippen molar-refractivity contribution in [2.75, 3.05) is 38.6 Å². The zero-order valence-corrected chi connectivity index (χ0v) is 20.6. The van der Waals surface area contributed by atoms with Gasteiger partial charge in [-0.1, -0.05) is 0 Å². The highest BCUT2D eigenvalue weighted by molar-refractivity contribution is 5.33. The Balaban J connectivity index is 1.21. The third-order valence-corrected chi connectivity index (χ3v) is 8.21. The lowest BCUT2D eigenvalue weighted by molar-refractivity contribution is 0.0780. The Morgan fingerprint density at radius 2 is 1.89 bits per heavy atom. The minimum Gasteiger partial charge on any atom is -0.365 e. The highest BCUT2D eigenvalue weighted by atomic mass is 19.2. The van der Waals surface area contributed by atoms with Crippen LogP contribution in [-0.2, 0) is 11.3 Å². The van der Waals surface area contributed by atoms with Crippen LogP contribution in [0.2, 0.25) is 0 Å². The molecule has 0 spiro atoms. The quantitative estimate of drug-likeness (QED) is 0.622. The lowest BCUT2D eigenvalue weighted by atomic mass is 9.91. The van der Waals surface area contributed by atoms with Gasteiger partial charge in [-0.05, 0) is 56.2 Å². The Hall–Kier alpha value is -2.63. The number of allylic oxidation sites excluding steroid dienone is 1. The number of halogens is 3. The van der Waals surface area contributed by atoms with Crippen molar-refractivity contribution >= 4 is 5.95 Å². The van der Waals surface area contributed by atoms with Gasteiger partial charge in [0.2, 0.25) is 5.95 Å². The van der Waals surface area contributed by atoms with Gasteiger partial charge in [0.25, 0.3) is 0 Å². The van der Waals surface area contributed by atoms with Crippen LogP contribution in [0.4, 0.5) is 19.1 Å². The van der Waals surface area contributed by atoms with Crippen molar-refractivity contribution in [2.45, 2.75) is 50.9 Å². The SMILES string of the molecule is CC1=CC(N2CC3CC[C@@H](C2)C3Nc2nc3n(n2)CCCO[C@H]3c2ccc(F)c(F)c2F)CNN1C. The average molecular weight is 504 g/mol. The van der Waals surface area contributed by atoms with E-state index >= 15 is 0 Å². The Kier molecular flexibility index (Phi) is 6.17. The summed E-state index contributed by atoms with van der Waals surface area (Å²) in [6.45, 7) is 5.95. The summed E-state index contributed by atoms with van der Waals surface area (Å²) >= 11 is 0. The van der Waals surface area contributed by atoms with Crippen LogP contribution in [0, 0.1) is 29.3 Å². The highest BCUT2D eigenvalue weighted by Crippen LogP contribution is 2.40. The van der Waals surface area contributed by atoms with Crippen LogP contribution in [0.1, 0.15) is 43.7 Å². The minimum absolute atomic E-state index is 0.0699. The van der Waals surface area contributed by atoms with Crippen LogP contribution >= 0.6 is 0 Å². The number of aromatic nitrogens is 3. The van der Waals surface area contributed by atoms with E-state index in [1.165, 1.54) is 11.8 Å². The molecule has 0 radical (unpaired) electrons. The summed E-state index contributed by atoms with van der Waals surface area (Å²) in [5.74, 6) is -2.12. The molecule has 3 unspecified atom stereocenters. The van der Waals surface area contributed by atoms with Crippen LogP contribution in [0.5, 0.6) is 0 Å². The number of nitrogens with one attached hydrogen (secondary N) is 2. The van der Waals surface area contributed by atoms with Gasteiger partial charge in [-0.3, -0.25) is 4.90 Å². The molecule has 1 saturated carbocycles. The second kappa shape index (κ2) is 9.35. The van der Waals surface area contributed by atoms with E-state index in [9.17, 15) is 13.2 Å². The second-order valence-electron chi connectivity index (χ2n) is 10.4. The zero-order valence-electron chi connectivity index (χ0n) is 20.6. The van der Waals surface area contributed by atoms with E-state index in [4.69, 9.17) is 4.74 Å². The van der Waals surface area contributed by atoms with Gasteiger partial charge in [0.15, 0.2) is 23.3 Å². The average Bonchev–Trinajstić information content (AvgIpc) is 3.27. The molecule has 4 aliphatic rings. The first-order valence-electron chi connectivity index (χ1n) is 12.7. The lowest BCUT2D eigenvalue weighted by Crippen LogP contribution is -2.56. The van der Waals surface area contributed by atoms with Gasteiger partial charge in [0.05, 0.1) is 0 Å². The Morgan fingerprint density at radius 3 is 2.64 bits per heavy atom. The molecule has 3 aliphatic heterocycles. The molecular formula is C25H32F3N7O. The van der Waals surface area contributed by atoms with Gasteiger partial charge >= 0.3 is 0 Å². The number of anilines is 1. The molecular weight excluding hydrogens is 471 g/mol. The number of benzene rings is 1. The molecule has 1 saturated heterocycles. The van der Waals surface area contributed by atoms with Crippen LogP contribution < -0.4 is 10.7 Å². The van der Waals surface area contributed by atoms with Crippen LogP contribution in [0.3, 0.4) is 0 Å². The Labute approximate surface area is 208 Å². The Morgan fingerprint density at radius 1 is 1.11 bits per heavy atom. The van der Waals surface area contributed by atoms with Gasteiger partial charge < -0.3 is 15.1 Å². The molecule has 2 aromatic rings. The molecule has 2 fully saturated rings. The van der Waals surface area contributed by atoms with Crippen LogP contribution in [-0.4, -0.2) is 70.0 Å². The van der Waals surface area contributed by atoms with Gasteiger partial charge in [-0.15, -0.1) is 5.10 Å². The number of hydrogen-bond acceptors (Lipinski definition) is 7. The van der Waals surface area contributed by atoms with Crippen molar-refractivity contribution in [3.63, 3.8) is 0 Å². The predicted octanol–water partition coefficient (Wildman–Crippen LogP) is 3.05. The number of nitrogens with zero attached hydrogens (tertiary/aromatic N) is 5. The number of hydrogen-bond donors (Lipinski definition) is 2. The largest absolute Gasteiger partial charge is 0.365 e. The summed E-state index contributed by atoms with van der Waals surface area (Å²) in [4.78, 5) is 7.25. The second-order valence-corrected chi connectivity index (χ2v) is 10.4. The molecule has 11 heteroatoms. The summed E-state index contributed by atoms with van der Waals surface area (Å²) in [6, 6.07) is 2.79. The fourth-order valence-corrected chi connectivity index (χ4v) is 6.19. The van der Waals surface area contributed by atoms with Crippen LogP contribution in [0.25, 0.3) is 0 Å². The molecule has 8 nitrogen and oxygen atoms in total. The normalized spacial score (nSPS) is 30.6. The number of piperidine rings is 1. The molecule has 6 rings (SSSR count). The molecule has 2 N–H and O–H groups in total. The monoisotopic (exact) mass is 503 g/mol. The first-order chi connectivity index (χ1) is 17.4. The van der Waals surface area contributed by atoms with Crippen LogP contribution in [0.15, 0.2) is 23.9 Å². The number of likely N-dealkylation sites (tertiary alicyclic amines) is 1. The van der Waals surface area contributed by atoms with E-state index in [2.05, 4.69) is 43.7 Å². The van der Waals surface area contributed by atoms with Crippen molar-refractivity contribution in [2.24, 2.45) is 11.8 Å². The van der Waals surface area contributed by atoms with Crippen molar-refractivity contribution < 1.29 is 17.9 Å². The van der Waals surface area contributed by atoms with Crippen molar-refractivity contribution in [3.8, 4) is 0 Å². The molecule has 5 atom stereocenters. The number of rotatable bonds is 4. The van der Waals surface area contributed by atoms with E-state index in [1.807, 2.05) is 7.05 Å². The number of hydrazine groups is 1. The van der Waals surface area contributed by atoms with Crippen molar-refractivity contribution in [1.82, 2.24) is 30.1 Å². The molecule has 4 heterocycles.